The zero-order valence-corrected chi connectivity index (χ0v) is 11.0. The number of rotatable bonds is 5. The average molecular weight is 226 g/mol. The molecule has 0 aromatic carbocycles. The Balaban J connectivity index is 2.36. The number of likely N-dealkylation sites (N-methyl/N-ethyl adjacent to an activating group) is 1. The summed E-state index contributed by atoms with van der Waals surface area (Å²) in [6.45, 7) is 6.25. The quantitative estimate of drug-likeness (QED) is 0.727. The minimum Gasteiger partial charge on any atom is -0.344 e. The maximum absolute atomic E-state index is 12.2. The topological polar surface area (TPSA) is 32.3 Å². The lowest BCUT2D eigenvalue weighted by molar-refractivity contribution is -0.134. The van der Waals surface area contributed by atoms with Crippen molar-refractivity contribution in [3.8, 4) is 0 Å². The second-order valence-electron chi connectivity index (χ2n) is 5.02. The minimum absolute atomic E-state index is 0.0559. The highest BCUT2D eigenvalue weighted by Crippen LogP contribution is 2.17. The van der Waals surface area contributed by atoms with E-state index in [-0.39, 0.29) is 11.9 Å². The number of hydrogen-bond donors (Lipinski definition) is 1. The van der Waals surface area contributed by atoms with Gasteiger partial charge in [-0.25, -0.2) is 0 Å². The fourth-order valence-electron chi connectivity index (χ4n) is 2.33. The van der Waals surface area contributed by atoms with Gasteiger partial charge in [0.1, 0.15) is 0 Å². The third-order valence-corrected chi connectivity index (χ3v) is 3.51. The van der Waals surface area contributed by atoms with Crippen LogP contribution in [0.3, 0.4) is 0 Å². The molecule has 0 bridgehead atoms. The van der Waals surface area contributed by atoms with E-state index in [9.17, 15) is 4.79 Å². The number of amides is 1. The monoisotopic (exact) mass is 226 g/mol. The first kappa shape index (κ1) is 13.5. The zero-order chi connectivity index (χ0) is 12.0. The number of nitrogens with one attached hydrogen (secondary N) is 1. The van der Waals surface area contributed by atoms with Gasteiger partial charge in [-0.15, -0.1) is 0 Å². The molecule has 0 aromatic rings. The molecule has 1 aliphatic heterocycles. The van der Waals surface area contributed by atoms with Gasteiger partial charge in [0, 0.05) is 13.6 Å². The largest absolute Gasteiger partial charge is 0.344 e. The number of hydrogen-bond acceptors (Lipinski definition) is 2. The molecule has 1 N–H and O–H groups in total. The highest BCUT2D eigenvalue weighted by molar-refractivity contribution is 5.82. The summed E-state index contributed by atoms with van der Waals surface area (Å²) in [5, 5.41) is 3.35. The van der Waals surface area contributed by atoms with Crippen LogP contribution in [0.1, 0.15) is 46.0 Å². The van der Waals surface area contributed by atoms with Gasteiger partial charge in [-0.05, 0) is 31.7 Å². The standard InChI is InChI=1S/C13H26N2O/c1-4-5-6-10-15(3)13(16)12-11(2)8-7-9-14-12/h11-12,14H,4-10H2,1-3H3. The third kappa shape index (κ3) is 3.78. The van der Waals surface area contributed by atoms with Crippen LogP contribution in [0.15, 0.2) is 0 Å². The van der Waals surface area contributed by atoms with E-state index in [1.165, 1.54) is 25.7 Å². The predicted octanol–water partition coefficient (Wildman–Crippen LogP) is 2.02. The molecule has 1 heterocycles. The Morgan fingerprint density at radius 3 is 2.81 bits per heavy atom. The molecule has 1 amide bonds. The number of unbranched alkanes of at least 4 members (excludes halogenated alkanes) is 2. The Morgan fingerprint density at radius 1 is 1.44 bits per heavy atom. The molecule has 0 saturated carbocycles. The van der Waals surface area contributed by atoms with Gasteiger partial charge in [-0.2, -0.15) is 0 Å². The lowest BCUT2D eigenvalue weighted by atomic mass is 9.92. The van der Waals surface area contributed by atoms with Crippen LogP contribution in [0.2, 0.25) is 0 Å². The van der Waals surface area contributed by atoms with Gasteiger partial charge < -0.3 is 10.2 Å². The molecule has 3 nitrogen and oxygen atoms in total. The van der Waals surface area contributed by atoms with Crippen molar-refractivity contribution >= 4 is 5.91 Å². The molecule has 94 valence electrons. The summed E-state index contributed by atoms with van der Waals surface area (Å²) < 4.78 is 0. The fourth-order valence-corrected chi connectivity index (χ4v) is 2.33. The highest BCUT2D eigenvalue weighted by atomic mass is 16.2. The lowest BCUT2D eigenvalue weighted by Crippen LogP contribution is -2.51. The van der Waals surface area contributed by atoms with Crippen molar-refractivity contribution < 1.29 is 4.79 Å². The molecule has 1 rings (SSSR count). The van der Waals surface area contributed by atoms with Crippen LogP contribution >= 0.6 is 0 Å². The average Bonchev–Trinajstić information content (AvgIpc) is 2.29. The summed E-state index contributed by atoms with van der Waals surface area (Å²) in [4.78, 5) is 14.1. The molecule has 3 heteroatoms. The number of carbonyl (C=O) groups is 1. The van der Waals surface area contributed by atoms with Crippen LogP contribution in [-0.2, 0) is 4.79 Å². The van der Waals surface area contributed by atoms with Crippen molar-refractivity contribution in [3.05, 3.63) is 0 Å². The Hall–Kier alpha value is -0.570. The molecular formula is C13H26N2O. The Labute approximate surface area is 99.6 Å². The molecule has 2 unspecified atom stereocenters. The highest BCUT2D eigenvalue weighted by Gasteiger charge is 2.29. The number of nitrogens with zero attached hydrogens (tertiary/aromatic N) is 1. The van der Waals surface area contributed by atoms with Crippen molar-refractivity contribution in [1.82, 2.24) is 10.2 Å². The molecule has 16 heavy (non-hydrogen) atoms. The fraction of sp³-hybridized carbons (Fsp3) is 0.923. The van der Waals surface area contributed by atoms with Crippen LogP contribution < -0.4 is 5.32 Å². The maximum Gasteiger partial charge on any atom is 0.239 e. The van der Waals surface area contributed by atoms with Crippen molar-refractivity contribution in [1.29, 1.82) is 0 Å². The first-order valence-corrected chi connectivity index (χ1v) is 6.65. The first-order chi connectivity index (χ1) is 7.66. The van der Waals surface area contributed by atoms with Crippen LogP contribution in [-0.4, -0.2) is 37.0 Å². The van der Waals surface area contributed by atoms with Gasteiger partial charge in [-0.3, -0.25) is 4.79 Å². The molecular weight excluding hydrogens is 200 g/mol. The molecule has 1 fully saturated rings. The lowest BCUT2D eigenvalue weighted by Gasteiger charge is -2.32. The van der Waals surface area contributed by atoms with E-state index < -0.39 is 0 Å². The van der Waals surface area contributed by atoms with E-state index in [1.54, 1.807) is 0 Å². The third-order valence-electron chi connectivity index (χ3n) is 3.51. The minimum atomic E-state index is 0.0559. The summed E-state index contributed by atoms with van der Waals surface area (Å²) >= 11 is 0. The van der Waals surface area contributed by atoms with Crippen LogP contribution in [0.4, 0.5) is 0 Å². The summed E-state index contributed by atoms with van der Waals surface area (Å²) in [6.07, 6.45) is 5.92. The van der Waals surface area contributed by atoms with E-state index in [0.29, 0.717) is 5.92 Å². The van der Waals surface area contributed by atoms with Crippen LogP contribution in [0.25, 0.3) is 0 Å². The Morgan fingerprint density at radius 2 is 2.19 bits per heavy atom. The van der Waals surface area contributed by atoms with Crippen molar-refractivity contribution in [3.63, 3.8) is 0 Å². The van der Waals surface area contributed by atoms with Gasteiger partial charge >= 0.3 is 0 Å². The predicted molar refractivity (Wildman–Crippen MR) is 67.4 cm³/mol. The second kappa shape index (κ2) is 6.89. The van der Waals surface area contributed by atoms with Crippen LogP contribution in [0.5, 0.6) is 0 Å². The van der Waals surface area contributed by atoms with E-state index in [4.69, 9.17) is 0 Å². The molecule has 1 saturated heterocycles. The van der Waals surface area contributed by atoms with Gasteiger partial charge in [0.05, 0.1) is 6.04 Å². The van der Waals surface area contributed by atoms with Gasteiger partial charge in [0.2, 0.25) is 5.91 Å². The van der Waals surface area contributed by atoms with Gasteiger partial charge in [0.25, 0.3) is 0 Å². The van der Waals surface area contributed by atoms with Crippen molar-refractivity contribution in [2.75, 3.05) is 20.1 Å². The second-order valence-corrected chi connectivity index (χ2v) is 5.02. The van der Waals surface area contributed by atoms with Gasteiger partial charge in [0.15, 0.2) is 0 Å². The first-order valence-electron chi connectivity index (χ1n) is 6.65. The molecule has 0 radical (unpaired) electrons. The van der Waals surface area contributed by atoms with E-state index in [0.717, 1.165) is 19.5 Å². The molecule has 0 aromatic heterocycles. The van der Waals surface area contributed by atoms with Crippen molar-refractivity contribution in [2.45, 2.75) is 52.0 Å². The van der Waals surface area contributed by atoms with E-state index >= 15 is 0 Å². The summed E-state index contributed by atoms with van der Waals surface area (Å²) in [5.74, 6) is 0.762. The number of piperidine rings is 1. The Bertz CT molecular complexity index is 218. The SMILES string of the molecule is CCCCCN(C)C(=O)C1NCCCC1C. The summed E-state index contributed by atoms with van der Waals surface area (Å²) in [7, 11) is 1.93. The van der Waals surface area contributed by atoms with Crippen molar-refractivity contribution in [2.24, 2.45) is 5.92 Å². The maximum atomic E-state index is 12.2. The molecule has 1 aliphatic rings. The molecule has 2 atom stereocenters. The summed E-state index contributed by atoms with van der Waals surface area (Å²) in [5.41, 5.74) is 0. The van der Waals surface area contributed by atoms with Gasteiger partial charge in [-0.1, -0.05) is 26.7 Å². The number of carbonyl (C=O) groups excluding carboxylic acids is 1. The molecule has 0 spiro atoms. The summed E-state index contributed by atoms with van der Waals surface area (Å²) in [6, 6.07) is 0.0559. The van der Waals surface area contributed by atoms with E-state index in [1.807, 2.05) is 11.9 Å². The van der Waals surface area contributed by atoms with E-state index in [2.05, 4.69) is 19.2 Å². The normalized spacial score (nSPS) is 25.4. The zero-order valence-electron chi connectivity index (χ0n) is 11.0. The smallest absolute Gasteiger partial charge is 0.239 e. The van der Waals surface area contributed by atoms with Crippen LogP contribution in [0, 0.1) is 5.92 Å². The Kier molecular flexibility index (Phi) is 5.81. The molecule has 0 aliphatic carbocycles.